The molecule has 0 atom stereocenters. The third-order valence-corrected chi connectivity index (χ3v) is 1.19. The molecule has 1 rings (SSSR count). The van der Waals surface area contributed by atoms with Crippen LogP contribution < -0.4 is 5.32 Å². The first kappa shape index (κ1) is 13.1. The normalized spacial score (nSPS) is 14.5. The molecule has 0 aromatic rings. The Morgan fingerprint density at radius 1 is 1.30 bits per heavy atom. The van der Waals surface area contributed by atoms with Crippen molar-refractivity contribution in [1.29, 1.82) is 0 Å². The molecule has 0 aromatic heterocycles. The maximum absolute atomic E-state index is 3.27. The van der Waals surface area contributed by atoms with Crippen LogP contribution in [0.15, 0.2) is 24.3 Å². The van der Waals surface area contributed by atoms with Gasteiger partial charge in [0, 0.05) is 40.2 Å². The van der Waals surface area contributed by atoms with Crippen LogP contribution in [0.5, 0.6) is 0 Å². The first-order valence-corrected chi connectivity index (χ1v) is 3.02. The van der Waals surface area contributed by atoms with Crippen molar-refractivity contribution in [2.45, 2.75) is 13.0 Å². The molecule has 1 radical (unpaired) electrons. The van der Waals surface area contributed by atoms with Gasteiger partial charge in [-0.2, -0.15) is 0 Å². The van der Waals surface area contributed by atoms with Gasteiger partial charge in [0.25, 0.3) is 0 Å². The van der Waals surface area contributed by atoms with Crippen molar-refractivity contribution in [2.24, 2.45) is 0 Å². The van der Waals surface area contributed by atoms with Crippen molar-refractivity contribution in [2.75, 3.05) is 6.54 Å². The molecule has 0 bridgehead atoms. The number of hydrogen-bond acceptors (Lipinski definition) is 1. The summed E-state index contributed by atoms with van der Waals surface area (Å²) in [6, 6.07) is 0.500. The molecule has 0 heterocycles. The summed E-state index contributed by atoms with van der Waals surface area (Å²) in [4.78, 5) is 0. The largest absolute Gasteiger partial charge is 0.307 e. The van der Waals surface area contributed by atoms with E-state index in [0.29, 0.717) is 6.04 Å². The Hall–Kier alpha value is 0.479. The smallest absolute Gasteiger partial charge is 0.0441 e. The quantitative estimate of drug-likeness (QED) is 0.686. The molecular weight excluding hydrogens is 209 g/mol. The molecule has 10 heavy (non-hydrogen) atoms. The van der Waals surface area contributed by atoms with E-state index in [1.807, 2.05) is 0 Å². The van der Waals surface area contributed by atoms with Crippen molar-refractivity contribution < 1.29 is 34.1 Å². The van der Waals surface area contributed by atoms with E-state index in [0.717, 1.165) is 6.54 Å². The average molecular weight is 220 g/mol. The van der Waals surface area contributed by atoms with E-state index in [9.17, 15) is 0 Å². The summed E-state index contributed by atoms with van der Waals surface area (Å²) in [5.41, 5.74) is 0. The monoisotopic (exact) mass is 220 g/mol. The molecule has 0 fully saturated rings. The van der Waals surface area contributed by atoms with Crippen LogP contribution in [-0.4, -0.2) is 12.6 Å². The third kappa shape index (κ3) is 4.32. The Morgan fingerprint density at radius 2 is 1.80 bits per heavy atom. The minimum atomic E-state index is 0. The summed E-state index contributed by atoms with van der Waals surface area (Å²) >= 11 is 0. The number of nitrogens with one attached hydrogen (secondary N) is 1. The minimum absolute atomic E-state index is 0. The molecule has 0 amide bonds. The zero-order valence-corrected chi connectivity index (χ0v) is 8.11. The van der Waals surface area contributed by atoms with Gasteiger partial charge in [-0.15, -0.1) is 0 Å². The Kier molecular flexibility index (Phi) is 9.93. The summed E-state index contributed by atoms with van der Waals surface area (Å²) < 4.78 is 0. The molecule has 0 saturated carbocycles. The van der Waals surface area contributed by atoms with Gasteiger partial charge in [0.15, 0.2) is 0 Å². The summed E-state index contributed by atoms with van der Waals surface area (Å²) in [5, 5.41) is 3.27. The summed E-state index contributed by atoms with van der Waals surface area (Å²) in [7, 11) is 0. The van der Waals surface area contributed by atoms with Crippen molar-refractivity contribution in [1.82, 2.24) is 5.32 Å². The zero-order chi connectivity index (χ0) is 5.82. The molecule has 0 spiro atoms. The Bertz CT molecular complexity index is 111. The fraction of sp³-hybridized carbons (Fsp3) is 0.429. The van der Waals surface area contributed by atoms with Gasteiger partial charge in [0.05, 0.1) is 0 Å². The summed E-state index contributed by atoms with van der Waals surface area (Å²) in [6.07, 6.45) is 8.41. The molecule has 59 valence electrons. The molecule has 1 aliphatic carbocycles. The van der Waals surface area contributed by atoms with Crippen molar-refractivity contribution in [3.63, 3.8) is 0 Å². The van der Waals surface area contributed by atoms with Crippen LogP contribution in [0.3, 0.4) is 0 Å². The van der Waals surface area contributed by atoms with Crippen LogP contribution in [0, 0.1) is 0 Å². The molecule has 1 nitrogen and oxygen atoms in total. The maximum atomic E-state index is 3.27. The maximum Gasteiger partial charge on any atom is 0.0441 e. The summed E-state index contributed by atoms with van der Waals surface area (Å²) in [5.74, 6) is 0. The van der Waals surface area contributed by atoms with E-state index < -0.39 is 0 Å². The fourth-order valence-corrected chi connectivity index (χ4v) is 0.804. The predicted molar refractivity (Wildman–Crippen MR) is 35.7 cm³/mol. The topological polar surface area (TPSA) is 12.0 Å². The number of allylic oxidation sites excluding steroid dienone is 2. The van der Waals surface area contributed by atoms with Gasteiger partial charge < -0.3 is 5.32 Å². The first-order chi connectivity index (χ1) is 3.93. The van der Waals surface area contributed by atoms with Gasteiger partial charge in [-0.25, -0.2) is 0 Å². The van der Waals surface area contributed by atoms with Crippen LogP contribution in [0.1, 0.15) is 6.92 Å². The molecule has 3 heteroatoms. The van der Waals surface area contributed by atoms with Gasteiger partial charge in [-0.05, 0) is 6.54 Å². The van der Waals surface area contributed by atoms with Crippen molar-refractivity contribution in [3.8, 4) is 0 Å². The van der Waals surface area contributed by atoms with Crippen molar-refractivity contribution >= 4 is 0 Å². The average Bonchev–Trinajstić information content (AvgIpc) is 2.19. The van der Waals surface area contributed by atoms with Crippen LogP contribution in [-0.2, 0) is 34.1 Å². The number of hydrogen-bond donors (Lipinski definition) is 1. The second kappa shape index (κ2) is 7.58. The van der Waals surface area contributed by atoms with Gasteiger partial charge >= 0.3 is 0 Å². The molecular formula is C7H11FeMnN. The van der Waals surface area contributed by atoms with E-state index >= 15 is 0 Å². The van der Waals surface area contributed by atoms with Gasteiger partial charge in [0.1, 0.15) is 0 Å². The molecule has 1 aliphatic rings. The number of likely N-dealkylation sites (N-methyl/N-ethyl adjacent to an activating group) is 1. The summed E-state index contributed by atoms with van der Waals surface area (Å²) in [6.45, 7) is 3.15. The van der Waals surface area contributed by atoms with Gasteiger partial charge in [0.2, 0.25) is 0 Å². The predicted octanol–water partition coefficient (Wildman–Crippen LogP) is 1.09. The second-order valence-corrected chi connectivity index (χ2v) is 1.85. The van der Waals surface area contributed by atoms with Crippen LogP contribution >= 0.6 is 0 Å². The Morgan fingerprint density at radius 3 is 2.20 bits per heavy atom. The van der Waals surface area contributed by atoms with Crippen LogP contribution in [0.2, 0.25) is 0 Å². The Labute approximate surface area is 83.3 Å². The van der Waals surface area contributed by atoms with E-state index in [1.54, 1.807) is 0 Å². The minimum Gasteiger partial charge on any atom is -0.307 e. The zero-order valence-electron chi connectivity index (χ0n) is 5.83. The standard InChI is InChI=1S/C7H11N.Fe.Mn/c1-2-8-7-5-3-4-6-7;;/h3-8H,2H2,1H3;;. The van der Waals surface area contributed by atoms with E-state index in [-0.39, 0.29) is 34.1 Å². The fourth-order valence-electron chi connectivity index (χ4n) is 0.804. The SMILES string of the molecule is CCNC1C=CC=C1.[Fe].[Mn]. The van der Waals surface area contributed by atoms with Gasteiger partial charge in [-0.1, -0.05) is 31.2 Å². The Balaban J connectivity index is 0. The second-order valence-electron chi connectivity index (χ2n) is 1.85. The number of rotatable bonds is 2. The third-order valence-electron chi connectivity index (χ3n) is 1.19. The van der Waals surface area contributed by atoms with Crippen molar-refractivity contribution in [3.05, 3.63) is 24.3 Å². The molecule has 0 unspecified atom stereocenters. The van der Waals surface area contributed by atoms with E-state index in [4.69, 9.17) is 0 Å². The molecule has 0 aliphatic heterocycles. The van der Waals surface area contributed by atoms with Crippen LogP contribution in [0.4, 0.5) is 0 Å². The molecule has 0 saturated heterocycles. The molecule has 0 aromatic carbocycles. The first-order valence-electron chi connectivity index (χ1n) is 3.02. The van der Waals surface area contributed by atoms with Gasteiger partial charge in [-0.3, -0.25) is 0 Å². The van der Waals surface area contributed by atoms with E-state index in [1.165, 1.54) is 0 Å². The molecule has 1 N–H and O–H groups in total. The van der Waals surface area contributed by atoms with Crippen LogP contribution in [0.25, 0.3) is 0 Å². The van der Waals surface area contributed by atoms with E-state index in [2.05, 4.69) is 36.5 Å².